The fraction of sp³-hybridized carbons (Fsp3) is 0.294. The lowest BCUT2D eigenvalue weighted by Crippen LogP contribution is -2.49. The monoisotopic (exact) mass is 361 g/mol. The summed E-state index contributed by atoms with van der Waals surface area (Å²) in [6.07, 6.45) is 0. The molecule has 7 nitrogen and oxygen atoms in total. The molecule has 2 aromatic carbocycles. The first-order chi connectivity index (χ1) is 12.0. The maximum atomic E-state index is 12.6. The van der Waals surface area contributed by atoms with Crippen molar-refractivity contribution in [1.29, 1.82) is 0 Å². The molecule has 0 amide bonds. The van der Waals surface area contributed by atoms with Crippen LogP contribution in [0.4, 0.5) is 11.4 Å². The SMILES string of the molecule is O=[N+]([O-])c1cccc(CS(=O)(=O)N2CCN(c3ccccc3)CC2)c1. The molecule has 2 aromatic rings. The van der Waals surface area contributed by atoms with Crippen LogP contribution in [0.15, 0.2) is 54.6 Å². The Kier molecular flexibility index (Phi) is 5.00. The Balaban J connectivity index is 1.66. The Morgan fingerprint density at radius 3 is 2.28 bits per heavy atom. The van der Waals surface area contributed by atoms with E-state index in [9.17, 15) is 18.5 Å². The molecule has 132 valence electrons. The van der Waals surface area contributed by atoms with Crippen LogP contribution in [0.1, 0.15) is 5.56 Å². The fourth-order valence-corrected chi connectivity index (χ4v) is 4.43. The molecule has 0 N–H and O–H groups in total. The molecule has 0 unspecified atom stereocenters. The summed E-state index contributed by atoms with van der Waals surface area (Å²) >= 11 is 0. The number of sulfonamides is 1. The Labute approximate surface area is 146 Å². The second-order valence-corrected chi connectivity index (χ2v) is 7.87. The van der Waals surface area contributed by atoms with Crippen molar-refractivity contribution in [3.8, 4) is 0 Å². The molecule has 0 spiro atoms. The minimum Gasteiger partial charge on any atom is -0.369 e. The fourth-order valence-electron chi connectivity index (χ4n) is 2.93. The van der Waals surface area contributed by atoms with Crippen LogP contribution in [-0.4, -0.2) is 43.8 Å². The summed E-state index contributed by atoms with van der Waals surface area (Å²) in [4.78, 5) is 12.5. The summed E-state index contributed by atoms with van der Waals surface area (Å²) in [5.41, 5.74) is 1.42. The highest BCUT2D eigenvalue weighted by molar-refractivity contribution is 7.88. The van der Waals surface area contributed by atoms with E-state index in [1.165, 1.54) is 22.5 Å². The van der Waals surface area contributed by atoms with Crippen LogP contribution in [0.3, 0.4) is 0 Å². The molecule has 3 rings (SSSR count). The number of nitro groups is 1. The van der Waals surface area contributed by atoms with Crippen molar-refractivity contribution < 1.29 is 13.3 Å². The van der Waals surface area contributed by atoms with Crippen molar-refractivity contribution in [3.05, 3.63) is 70.3 Å². The molecule has 0 atom stereocenters. The van der Waals surface area contributed by atoms with Crippen LogP contribution in [0.25, 0.3) is 0 Å². The second-order valence-electron chi connectivity index (χ2n) is 5.90. The lowest BCUT2D eigenvalue weighted by molar-refractivity contribution is -0.384. The third-order valence-electron chi connectivity index (χ3n) is 4.22. The minimum absolute atomic E-state index is 0.0957. The van der Waals surface area contributed by atoms with Crippen LogP contribution >= 0.6 is 0 Å². The molecule has 0 aliphatic carbocycles. The van der Waals surface area contributed by atoms with Gasteiger partial charge in [0.25, 0.3) is 5.69 Å². The molecule has 1 aliphatic rings. The zero-order valence-corrected chi connectivity index (χ0v) is 14.4. The number of hydrogen-bond acceptors (Lipinski definition) is 5. The van der Waals surface area contributed by atoms with Crippen LogP contribution in [0.5, 0.6) is 0 Å². The van der Waals surface area contributed by atoms with Crippen molar-refractivity contribution in [1.82, 2.24) is 4.31 Å². The lowest BCUT2D eigenvalue weighted by Gasteiger charge is -2.35. The van der Waals surface area contributed by atoms with Gasteiger partial charge >= 0.3 is 0 Å². The highest BCUT2D eigenvalue weighted by Crippen LogP contribution is 2.20. The van der Waals surface area contributed by atoms with Gasteiger partial charge in [-0.25, -0.2) is 8.42 Å². The smallest absolute Gasteiger partial charge is 0.269 e. The summed E-state index contributed by atoms with van der Waals surface area (Å²) in [7, 11) is -3.50. The van der Waals surface area contributed by atoms with Crippen molar-refractivity contribution in [3.63, 3.8) is 0 Å². The van der Waals surface area contributed by atoms with E-state index in [1.54, 1.807) is 6.07 Å². The van der Waals surface area contributed by atoms with Gasteiger partial charge in [-0.3, -0.25) is 10.1 Å². The number of nitrogens with zero attached hydrogens (tertiary/aromatic N) is 3. The lowest BCUT2D eigenvalue weighted by atomic mass is 10.2. The average molecular weight is 361 g/mol. The number of non-ortho nitro benzene ring substituents is 1. The number of benzene rings is 2. The van der Waals surface area contributed by atoms with Gasteiger partial charge in [-0.2, -0.15) is 4.31 Å². The number of hydrogen-bond donors (Lipinski definition) is 0. The van der Waals surface area contributed by atoms with E-state index in [0.717, 1.165) is 5.69 Å². The van der Waals surface area contributed by atoms with Gasteiger partial charge in [0.15, 0.2) is 0 Å². The molecule has 0 radical (unpaired) electrons. The highest BCUT2D eigenvalue weighted by Gasteiger charge is 2.27. The predicted octanol–water partition coefficient (Wildman–Crippen LogP) is 2.25. The van der Waals surface area contributed by atoms with Crippen LogP contribution in [-0.2, 0) is 15.8 Å². The molecule has 0 saturated carbocycles. The van der Waals surface area contributed by atoms with E-state index in [4.69, 9.17) is 0 Å². The zero-order valence-electron chi connectivity index (χ0n) is 13.6. The number of piperazine rings is 1. The van der Waals surface area contributed by atoms with E-state index in [2.05, 4.69) is 4.90 Å². The Bertz CT molecular complexity index is 847. The van der Waals surface area contributed by atoms with E-state index in [1.807, 2.05) is 30.3 Å². The standard InChI is InChI=1S/C17H19N3O4S/c21-20(22)17-8-4-5-15(13-17)14-25(23,24)19-11-9-18(10-12-19)16-6-2-1-3-7-16/h1-8,13H,9-12,14H2. The molecular formula is C17H19N3O4S. The number of rotatable bonds is 5. The van der Waals surface area contributed by atoms with E-state index < -0.39 is 14.9 Å². The van der Waals surface area contributed by atoms with Gasteiger partial charge in [-0.05, 0) is 17.7 Å². The van der Waals surface area contributed by atoms with Crippen LogP contribution in [0, 0.1) is 10.1 Å². The van der Waals surface area contributed by atoms with Gasteiger partial charge in [0, 0.05) is 44.0 Å². The molecule has 1 heterocycles. The van der Waals surface area contributed by atoms with Gasteiger partial charge in [0.1, 0.15) is 0 Å². The third-order valence-corrected chi connectivity index (χ3v) is 6.07. The van der Waals surface area contributed by atoms with Crippen molar-refractivity contribution >= 4 is 21.4 Å². The minimum atomic E-state index is -3.50. The quantitative estimate of drug-likeness (QED) is 0.602. The number of anilines is 1. The van der Waals surface area contributed by atoms with Gasteiger partial charge < -0.3 is 4.90 Å². The van der Waals surface area contributed by atoms with Gasteiger partial charge in [0.05, 0.1) is 10.7 Å². The molecule has 1 saturated heterocycles. The molecule has 1 fully saturated rings. The topological polar surface area (TPSA) is 83.8 Å². The van der Waals surface area contributed by atoms with Crippen LogP contribution in [0.2, 0.25) is 0 Å². The summed E-state index contributed by atoms with van der Waals surface area (Å²) < 4.78 is 26.7. The molecule has 25 heavy (non-hydrogen) atoms. The summed E-state index contributed by atoms with van der Waals surface area (Å²) in [5.74, 6) is -0.222. The van der Waals surface area contributed by atoms with Crippen molar-refractivity contribution in [2.45, 2.75) is 5.75 Å². The maximum Gasteiger partial charge on any atom is 0.269 e. The van der Waals surface area contributed by atoms with Crippen molar-refractivity contribution in [2.24, 2.45) is 0 Å². The molecule has 1 aliphatic heterocycles. The molecule has 8 heteroatoms. The average Bonchev–Trinajstić information content (AvgIpc) is 2.62. The largest absolute Gasteiger partial charge is 0.369 e. The summed E-state index contributed by atoms with van der Waals surface area (Å²) in [5, 5.41) is 10.8. The Morgan fingerprint density at radius 2 is 1.64 bits per heavy atom. The number of nitro benzene ring substituents is 1. The zero-order chi connectivity index (χ0) is 17.9. The first-order valence-electron chi connectivity index (χ1n) is 7.97. The van der Waals surface area contributed by atoms with E-state index >= 15 is 0 Å². The molecule has 0 aromatic heterocycles. The van der Waals surface area contributed by atoms with Gasteiger partial charge in [-0.1, -0.05) is 30.3 Å². The summed E-state index contributed by atoms with van der Waals surface area (Å²) in [6, 6.07) is 15.7. The van der Waals surface area contributed by atoms with Crippen LogP contribution < -0.4 is 4.90 Å². The Morgan fingerprint density at radius 1 is 0.960 bits per heavy atom. The van der Waals surface area contributed by atoms with Gasteiger partial charge in [0.2, 0.25) is 10.0 Å². The molecular weight excluding hydrogens is 342 g/mol. The highest BCUT2D eigenvalue weighted by atomic mass is 32.2. The normalized spacial score (nSPS) is 15.9. The predicted molar refractivity (Wildman–Crippen MR) is 95.9 cm³/mol. The third kappa shape index (κ3) is 4.15. The second kappa shape index (κ2) is 7.20. The Hall–Kier alpha value is -2.45. The van der Waals surface area contributed by atoms with Gasteiger partial charge in [-0.15, -0.1) is 0 Å². The number of para-hydroxylation sites is 1. The van der Waals surface area contributed by atoms with Crippen molar-refractivity contribution in [2.75, 3.05) is 31.1 Å². The molecule has 0 bridgehead atoms. The van der Waals surface area contributed by atoms with E-state index in [-0.39, 0.29) is 11.4 Å². The maximum absolute atomic E-state index is 12.6. The van der Waals surface area contributed by atoms with E-state index in [0.29, 0.717) is 31.7 Å². The first kappa shape index (κ1) is 17.4. The summed E-state index contributed by atoms with van der Waals surface area (Å²) in [6.45, 7) is 2.06. The first-order valence-corrected chi connectivity index (χ1v) is 9.58.